The van der Waals surface area contributed by atoms with Crippen LogP contribution in [0.4, 0.5) is 17.1 Å². The number of benzene rings is 1. The molecule has 0 bridgehead atoms. The number of carbonyl (C=O) groups excluding carboxylic acids is 1. The molecule has 0 aliphatic rings. The van der Waals surface area contributed by atoms with E-state index >= 15 is 0 Å². The molecule has 0 saturated heterocycles. The molecule has 0 atom stereocenters. The maximum absolute atomic E-state index is 11.7. The van der Waals surface area contributed by atoms with E-state index in [1.165, 1.54) is 0 Å². The first-order valence-corrected chi connectivity index (χ1v) is 6.56. The van der Waals surface area contributed by atoms with Gasteiger partial charge in [-0.2, -0.15) is 0 Å². The van der Waals surface area contributed by atoms with Gasteiger partial charge in [0.05, 0.1) is 5.69 Å². The molecule has 0 unspecified atom stereocenters. The zero-order valence-corrected chi connectivity index (χ0v) is 11.9. The fourth-order valence-corrected chi connectivity index (χ4v) is 1.77. The molecule has 0 saturated carbocycles. The van der Waals surface area contributed by atoms with Gasteiger partial charge in [0, 0.05) is 24.7 Å². The van der Waals surface area contributed by atoms with Crippen molar-refractivity contribution in [2.75, 3.05) is 23.3 Å². The predicted octanol–water partition coefficient (Wildman–Crippen LogP) is 3.53. The quantitative estimate of drug-likeness (QED) is 0.799. The summed E-state index contributed by atoms with van der Waals surface area (Å²) >= 11 is 0. The molecule has 0 heterocycles. The molecule has 5 heteroatoms. The summed E-state index contributed by atoms with van der Waals surface area (Å²) in [5, 5.41) is 5.70. The van der Waals surface area contributed by atoms with Crippen molar-refractivity contribution in [1.82, 2.24) is 0 Å². The summed E-state index contributed by atoms with van der Waals surface area (Å²) in [6.07, 6.45) is 0. The Balaban J connectivity index is 3.09. The normalized spacial score (nSPS) is 10.4. The van der Waals surface area contributed by atoms with Crippen molar-refractivity contribution < 1.29 is 4.79 Å². The van der Waals surface area contributed by atoms with E-state index in [9.17, 15) is 9.70 Å². The van der Waals surface area contributed by atoms with Crippen LogP contribution in [0.2, 0.25) is 0 Å². The Bertz CT molecular complexity index is 454. The van der Waals surface area contributed by atoms with Gasteiger partial charge in [0.1, 0.15) is 5.69 Å². The number of nitrogens with zero attached hydrogens (tertiary/aromatic N) is 2. The van der Waals surface area contributed by atoms with Crippen molar-refractivity contribution >= 4 is 23.0 Å². The number of hydrogen-bond donors (Lipinski definition) is 1. The lowest BCUT2D eigenvalue weighted by molar-refractivity contribution is -0.118. The van der Waals surface area contributed by atoms with Crippen molar-refractivity contribution in [1.29, 1.82) is 0 Å². The predicted molar refractivity (Wildman–Crippen MR) is 78.9 cm³/mol. The summed E-state index contributed by atoms with van der Waals surface area (Å²) < 4.78 is 0. The Hall–Kier alpha value is -1.91. The Kier molecular flexibility index (Phi) is 5.48. The van der Waals surface area contributed by atoms with E-state index in [4.69, 9.17) is 0 Å². The van der Waals surface area contributed by atoms with Crippen molar-refractivity contribution in [3.8, 4) is 0 Å². The van der Waals surface area contributed by atoms with Crippen LogP contribution in [-0.4, -0.2) is 19.0 Å². The molecule has 0 aromatic heterocycles. The molecular formula is C14H21N3O2. The highest BCUT2D eigenvalue weighted by atomic mass is 16.3. The zero-order chi connectivity index (χ0) is 14.4. The van der Waals surface area contributed by atoms with Crippen LogP contribution in [0.1, 0.15) is 27.7 Å². The lowest BCUT2D eigenvalue weighted by atomic mass is 10.1. The first-order valence-electron chi connectivity index (χ1n) is 6.56. The van der Waals surface area contributed by atoms with E-state index in [2.05, 4.69) is 29.2 Å². The molecule has 1 aromatic carbocycles. The number of rotatable bonds is 6. The minimum absolute atomic E-state index is 0.124. The van der Waals surface area contributed by atoms with E-state index in [-0.39, 0.29) is 17.5 Å². The SMILES string of the molecule is CCN(CC)c1ccc(N=O)c(NC(=O)C(C)C)c1. The van der Waals surface area contributed by atoms with Crippen LogP contribution in [0, 0.1) is 10.8 Å². The van der Waals surface area contributed by atoms with Crippen LogP contribution in [-0.2, 0) is 4.79 Å². The molecule has 1 aromatic rings. The molecule has 0 aliphatic carbocycles. The van der Waals surface area contributed by atoms with Gasteiger partial charge in [-0.15, -0.1) is 4.91 Å². The first kappa shape index (κ1) is 15.1. The third-order valence-corrected chi connectivity index (χ3v) is 2.99. The average Bonchev–Trinajstić information content (AvgIpc) is 2.40. The Morgan fingerprint density at radius 3 is 2.42 bits per heavy atom. The lowest BCUT2D eigenvalue weighted by Gasteiger charge is -2.22. The highest BCUT2D eigenvalue weighted by Crippen LogP contribution is 2.30. The van der Waals surface area contributed by atoms with E-state index in [0.29, 0.717) is 5.69 Å². The fourth-order valence-electron chi connectivity index (χ4n) is 1.77. The van der Waals surface area contributed by atoms with Crippen LogP contribution >= 0.6 is 0 Å². The van der Waals surface area contributed by atoms with Crippen LogP contribution < -0.4 is 10.2 Å². The van der Waals surface area contributed by atoms with Crippen LogP contribution in [0.25, 0.3) is 0 Å². The maximum Gasteiger partial charge on any atom is 0.226 e. The highest BCUT2D eigenvalue weighted by Gasteiger charge is 2.13. The molecule has 5 nitrogen and oxygen atoms in total. The van der Waals surface area contributed by atoms with Gasteiger partial charge < -0.3 is 10.2 Å². The number of nitrogens with one attached hydrogen (secondary N) is 1. The van der Waals surface area contributed by atoms with Gasteiger partial charge in [0.2, 0.25) is 5.91 Å². The van der Waals surface area contributed by atoms with E-state index in [0.717, 1.165) is 18.8 Å². The zero-order valence-electron chi connectivity index (χ0n) is 11.9. The molecule has 0 aliphatic heterocycles. The largest absolute Gasteiger partial charge is 0.372 e. The third kappa shape index (κ3) is 3.77. The van der Waals surface area contributed by atoms with Crippen molar-refractivity contribution in [3.63, 3.8) is 0 Å². The summed E-state index contributed by atoms with van der Waals surface area (Å²) in [6.45, 7) is 9.45. The lowest BCUT2D eigenvalue weighted by Crippen LogP contribution is -2.22. The number of carbonyl (C=O) groups is 1. The standard InChI is InChI=1S/C14H21N3O2/c1-5-17(6-2)11-7-8-12(16-19)13(9-11)15-14(18)10(3)4/h7-10H,5-6H2,1-4H3,(H,15,18). The monoisotopic (exact) mass is 263 g/mol. The van der Waals surface area contributed by atoms with Gasteiger partial charge in [-0.1, -0.05) is 13.8 Å². The van der Waals surface area contributed by atoms with Crippen molar-refractivity contribution in [2.45, 2.75) is 27.7 Å². The van der Waals surface area contributed by atoms with E-state index < -0.39 is 0 Å². The minimum atomic E-state index is -0.142. The van der Waals surface area contributed by atoms with Gasteiger partial charge in [0.15, 0.2) is 0 Å². The molecule has 19 heavy (non-hydrogen) atoms. The minimum Gasteiger partial charge on any atom is -0.372 e. The smallest absolute Gasteiger partial charge is 0.226 e. The van der Waals surface area contributed by atoms with Crippen LogP contribution in [0.15, 0.2) is 23.4 Å². The third-order valence-electron chi connectivity index (χ3n) is 2.99. The number of amides is 1. The summed E-state index contributed by atoms with van der Waals surface area (Å²) in [5.74, 6) is -0.266. The summed E-state index contributed by atoms with van der Waals surface area (Å²) in [4.78, 5) is 24.7. The van der Waals surface area contributed by atoms with Gasteiger partial charge in [-0.3, -0.25) is 4.79 Å². The van der Waals surface area contributed by atoms with Crippen LogP contribution in [0.5, 0.6) is 0 Å². The maximum atomic E-state index is 11.7. The highest BCUT2D eigenvalue weighted by molar-refractivity contribution is 5.95. The van der Waals surface area contributed by atoms with Crippen molar-refractivity contribution in [2.24, 2.45) is 11.1 Å². The Labute approximate surface area is 114 Å². The molecule has 0 radical (unpaired) electrons. The van der Waals surface area contributed by atoms with Gasteiger partial charge in [0.25, 0.3) is 0 Å². The molecule has 0 spiro atoms. The summed E-state index contributed by atoms with van der Waals surface area (Å²) in [7, 11) is 0. The van der Waals surface area contributed by atoms with Crippen molar-refractivity contribution in [3.05, 3.63) is 23.1 Å². The summed E-state index contributed by atoms with van der Waals surface area (Å²) in [6, 6.07) is 5.27. The number of anilines is 2. The molecule has 1 amide bonds. The molecule has 0 fully saturated rings. The van der Waals surface area contributed by atoms with E-state index in [1.807, 2.05) is 6.07 Å². The molecule has 104 valence electrons. The molecule has 1 N–H and O–H groups in total. The summed E-state index contributed by atoms with van der Waals surface area (Å²) in [5.41, 5.74) is 1.69. The second kappa shape index (κ2) is 6.87. The fraction of sp³-hybridized carbons (Fsp3) is 0.500. The Morgan fingerprint density at radius 1 is 1.32 bits per heavy atom. The first-order chi connectivity index (χ1) is 9.03. The van der Waals surface area contributed by atoms with Gasteiger partial charge in [-0.05, 0) is 37.2 Å². The average molecular weight is 263 g/mol. The molecular weight excluding hydrogens is 242 g/mol. The second-order valence-electron chi connectivity index (χ2n) is 4.61. The second-order valence-corrected chi connectivity index (χ2v) is 4.61. The number of nitroso groups, excluding NO2 is 1. The topological polar surface area (TPSA) is 61.8 Å². The van der Waals surface area contributed by atoms with Gasteiger partial charge >= 0.3 is 0 Å². The molecule has 1 rings (SSSR count). The van der Waals surface area contributed by atoms with E-state index in [1.54, 1.807) is 26.0 Å². The van der Waals surface area contributed by atoms with Crippen LogP contribution in [0.3, 0.4) is 0 Å². The van der Waals surface area contributed by atoms with Gasteiger partial charge in [-0.25, -0.2) is 0 Å². The number of hydrogen-bond acceptors (Lipinski definition) is 4. The Morgan fingerprint density at radius 2 is 1.95 bits per heavy atom.